The molecule has 21 heavy (non-hydrogen) atoms. The van der Waals surface area contributed by atoms with Crippen LogP contribution in [0.25, 0.3) is 11.0 Å². The molecule has 1 heterocycles. The first-order valence-electron chi connectivity index (χ1n) is 6.31. The Morgan fingerprint density at radius 1 is 1.05 bits per heavy atom. The molecule has 0 amide bonds. The summed E-state index contributed by atoms with van der Waals surface area (Å²) in [6.07, 6.45) is 3.34. The topological polar surface area (TPSA) is 42.9 Å². The Bertz CT molecular complexity index is 835. The highest BCUT2D eigenvalue weighted by molar-refractivity contribution is 6.30. The highest BCUT2D eigenvalue weighted by Gasteiger charge is 2.10. The van der Waals surface area contributed by atoms with E-state index in [1.807, 2.05) is 0 Å². The van der Waals surface area contributed by atoms with E-state index in [1.54, 1.807) is 36.7 Å². The number of carbonyl (C=O) groups excluding carboxylic acids is 1. The molecule has 3 aromatic rings. The molecule has 0 radical (unpaired) electrons. The summed E-state index contributed by atoms with van der Waals surface area (Å²) < 4.78 is 13.1. The molecule has 0 aliphatic rings. The number of Topliss-reactive ketones (excluding diaryl/α,β-unsaturated/α-hetero) is 1. The lowest BCUT2D eigenvalue weighted by Crippen LogP contribution is -2.04. The van der Waals surface area contributed by atoms with Crippen molar-refractivity contribution in [1.29, 1.82) is 0 Å². The monoisotopic (exact) mass is 300 g/mol. The predicted molar refractivity (Wildman–Crippen MR) is 79.0 cm³/mol. The number of aromatic nitrogens is 2. The van der Waals surface area contributed by atoms with Crippen molar-refractivity contribution in [2.45, 2.75) is 6.42 Å². The fraction of sp³-hybridized carbons (Fsp3) is 0.0625. The number of carbonyl (C=O) groups is 1. The van der Waals surface area contributed by atoms with Crippen LogP contribution in [0.2, 0.25) is 5.02 Å². The molecule has 0 atom stereocenters. The quantitative estimate of drug-likeness (QED) is 0.690. The molecule has 3 rings (SSSR count). The van der Waals surface area contributed by atoms with Crippen molar-refractivity contribution in [3.63, 3.8) is 0 Å². The molecular weight excluding hydrogens is 291 g/mol. The van der Waals surface area contributed by atoms with E-state index >= 15 is 0 Å². The molecule has 3 nitrogen and oxygen atoms in total. The van der Waals surface area contributed by atoms with Crippen molar-refractivity contribution < 1.29 is 9.18 Å². The van der Waals surface area contributed by atoms with Crippen LogP contribution < -0.4 is 0 Å². The van der Waals surface area contributed by atoms with Crippen molar-refractivity contribution in [2.24, 2.45) is 0 Å². The zero-order valence-corrected chi connectivity index (χ0v) is 11.6. The highest BCUT2D eigenvalue weighted by atomic mass is 35.5. The van der Waals surface area contributed by atoms with Gasteiger partial charge in [0.15, 0.2) is 5.78 Å². The first kappa shape index (κ1) is 13.6. The molecule has 2 aromatic carbocycles. The van der Waals surface area contributed by atoms with E-state index < -0.39 is 5.82 Å². The number of rotatable bonds is 3. The van der Waals surface area contributed by atoms with Crippen LogP contribution in [0, 0.1) is 5.82 Å². The SMILES string of the molecule is O=C(Cc1ccc(F)c(Cl)c1)c1ccc2nccnc2c1. The van der Waals surface area contributed by atoms with E-state index in [9.17, 15) is 9.18 Å². The summed E-state index contributed by atoms with van der Waals surface area (Å²) in [6, 6.07) is 9.46. The van der Waals surface area contributed by atoms with E-state index in [0.717, 1.165) is 5.52 Å². The fourth-order valence-corrected chi connectivity index (χ4v) is 2.28. The molecule has 0 saturated carbocycles. The Balaban J connectivity index is 1.87. The Morgan fingerprint density at radius 3 is 2.57 bits per heavy atom. The third-order valence-corrected chi connectivity index (χ3v) is 3.43. The molecule has 1 aromatic heterocycles. The Kier molecular flexibility index (Phi) is 3.62. The van der Waals surface area contributed by atoms with Crippen molar-refractivity contribution in [3.8, 4) is 0 Å². The van der Waals surface area contributed by atoms with Gasteiger partial charge in [-0.2, -0.15) is 0 Å². The Morgan fingerprint density at radius 2 is 1.81 bits per heavy atom. The molecule has 0 N–H and O–H groups in total. The standard InChI is InChI=1S/C16H10ClFN2O/c17-12-7-10(1-3-13(12)18)8-16(21)11-2-4-14-15(9-11)20-6-5-19-14/h1-7,9H,8H2. The lowest BCUT2D eigenvalue weighted by molar-refractivity contribution is 0.0993. The average molecular weight is 301 g/mol. The van der Waals surface area contributed by atoms with Crippen LogP contribution in [0.3, 0.4) is 0 Å². The summed E-state index contributed by atoms with van der Waals surface area (Å²) in [7, 11) is 0. The molecule has 0 aliphatic heterocycles. The molecular formula is C16H10ClFN2O. The number of nitrogens with zero attached hydrogens (tertiary/aromatic N) is 2. The van der Waals surface area contributed by atoms with Crippen molar-refractivity contribution in [2.75, 3.05) is 0 Å². The maximum atomic E-state index is 13.1. The molecule has 0 aliphatic carbocycles. The normalized spacial score (nSPS) is 10.8. The summed E-state index contributed by atoms with van der Waals surface area (Å²) >= 11 is 5.72. The largest absolute Gasteiger partial charge is 0.294 e. The van der Waals surface area contributed by atoms with Crippen LogP contribution in [0.5, 0.6) is 0 Å². The van der Waals surface area contributed by atoms with Crippen molar-refractivity contribution in [3.05, 3.63) is 70.8 Å². The van der Waals surface area contributed by atoms with Crippen LogP contribution in [-0.4, -0.2) is 15.8 Å². The van der Waals surface area contributed by atoms with Gasteiger partial charge >= 0.3 is 0 Å². The smallest absolute Gasteiger partial charge is 0.167 e. The molecule has 0 saturated heterocycles. The second-order valence-corrected chi connectivity index (χ2v) is 5.02. The van der Waals surface area contributed by atoms with Crippen molar-refractivity contribution >= 4 is 28.4 Å². The van der Waals surface area contributed by atoms with Crippen LogP contribution >= 0.6 is 11.6 Å². The lowest BCUT2D eigenvalue weighted by atomic mass is 10.0. The molecule has 0 spiro atoms. The lowest BCUT2D eigenvalue weighted by Gasteiger charge is -2.04. The summed E-state index contributed by atoms with van der Waals surface area (Å²) in [5.41, 5.74) is 2.62. The molecule has 5 heteroatoms. The molecule has 0 bridgehead atoms. The van der Waals surface area contributed by atoms with Gasteiger partial charge in [0.1, 0.15) is 5.82 Å². The second-order valence-electron chi connectivity index (χ2n) is 4.61. The number of halogens is 2. The third kappa shape index (κ3) is 2.90. The number of ketones is 1. The third-order valence-electron chi connectivity index (χ3n) is 3.14. The zero-order valence-electron chi connectivity index (χ0n) is 10.9. The highest BCUT2D eigenvalue weighted by Crippen LogP contribution is 2.18. The van der Waals surface area contributed by atoms with Gasteiger partial charge in [-0.05, 0) is 35.9 Å². The average Bonchev–Trinajstić information content (AvgIpc) is 2.50. The molecule has 0 fully saturated rings. The van der Waals surface area contributed by atoms with E-state index in [0.29, 0.717) is 16.6 Å². The van der Waals surface area contributed by atoms with Crippen LogP contribution in [0.4, 0.5) is 4.39 Å². The first-order chi connectivity index (χ1) is 10.1. The van der Waals surface area contributed by atoms with Crippen LogP contribution in [0.1, 0.15) is 15.9 Å². The van der Waals surface area contributed by atoms with E-state index in [2.05, 4.69) is 9.97 Å². The number of fused-ring (bicyclic) bond motifs is 1. The summed E-state index contributed by atoms with van der Waals surface area (Å²) in [6.45, 7) is 0. The van der Waals surface area contributed by atoms with Gasteiger partial charge in [0.2, 0.25) is 0 Å². The predicted octanol–water partition coefficient (Wildman–Crippen LogP) is 3.85. The number of hydrogen-bond donors (Lipinski definition) is 0. The van der Waals surface area contributed by atoms with Crippen LogP contribution in [-0.2, 0) is 6.42 Å². The first-order valence-corrected chi connectivity index (χ1v) is 6.69. The Labute approximate surface area is 125 Å². The van der Waals surface area contributed by atoms with Gasteiger partial charge in [0.25, 0.3) is 0 Å². The van der Waals surface area contributed by atoms with Gasteiger partial charge in [-0.15, -0.1) is 0 Å². The van der Waals surface area contributed by atoms with E-state index in [4.69, 9.17) is 11.6 Å². The van der Waals surface area contributed by atoms with Gasteiger partial charge in [0.05, 0.1) is 16.1 Å². The minimum absolute atomic E-state index is 0.0182. The van der Waals surface area contributed by atoms with Gasteiger partial charge < -0.3 is 0 Å². The van der Waals surface area contributed by atoms with Gasteiger partial charge in [-0.1, -0.05) is 17.7 Å². The minimum atomic E-state index is -0.492. The van der Waals surface area contributed by atoms with Gasteiger partial charge in [-0.3, -0.25) is 14.8 Å². The Hall–Kier alpha value is -2.33. The van der Waals surface area contributed by atoms with E-state index in [-0.39, 0.29) is 17.2 Å². The van der Waals surface area contributed by atoms with Gasteiger partial charge in [0, 0.05) is 24.4 Å². The maximum absolute atomic E-state index is 13.1. The summed E-state index contributed by atoms with van der Waals surface area (Å²) in [5, 5.41) is 0.0182. The fourth-order valence-electron chi connectivity index (χ4n) is 2.07. The summed E-state index contributed by atoms with van der Waals surface area (Å²) in [5.74, 6) is -0.570. The molecule has 0 unspecified atom stereocenters. The maximum Gasteiger partial charge on any atom is 0.167 e. The van der Waals surface area contributed by atoms with Gasteiger partial charge in [-0.25, -0.2) is 4.39 Å². The molecule has 104 valence electrons. The van der Waals surface area contributed by atoms with E-state index in [1.165, 1.54) is 12.1 Å². The minimum Gasteiger partial charge on any atom is -0.294 e. The second kappa shape index (κ2) is 5.58. The van der Waals surface area contributed by atoms with Crippen molar-refractivity contribution in [1.82, 2.24) is 9.97 Å². The van der Waals surface area contributed by atoms with Crippen LogP contribution in [0.15, 0.2) is 48.8 Å². The number of hydrogen-bond acceptors (Lipinski definition) is 3. The zero-order chi connectivity index (χ0) is 14.8. The number of benzene rings is 2. The summed E-state index contributed by atoms with van der Waals surface area (Å²) in [4.78, 5) is 20.6.